The minimum absolute atomic E-state index is 0.136. The molecular formula is C25H28N4O2. The van der Waals surface area contributed by atoms with Gasteiger partial charge in [0.1, 0.15) is 0 Å². The van der Waals surface area contributed by atoms with Crippen LogP contribution in [0.1, 0.15) is 43.2 Å². The van der Waals surface area contributed by atoms with Gasteiger partial charge in [0.25, 0.3) is 0 Å². The Morgan fingerprint density at radius 1 is 0.645 bits per heavy atom. The van der Waals surface area contributed by atoms with Crippen LogP contribution in [0.25, 0.3) is 12.2 Å². The molecule has 2 aromatic carbocycles. The van der Waals surface area contributed by atoms with E-state index in [1.54, 1.807) is 24.6 Å². The van der Waals surface area contributed by atoms with Crippen molar-refractivity contribution >= 4 is 36.4 Å². The summed E-state index contributed by atoms with van der Waals surface area (Å²) >= 11 is 0. The lowest BCUT2D eigenvalue weighted by Crippen LogP contribution is -2.17. The van der Waals surface area contributed by atoms with Crippen molar-refractivity contribution in [3.63, 3.8) is 0 Å². The van der Waals surface area contributed by atoms with Crippen LogP contribution in [0.15, 0.2) is 83.0 Å². The molecule has 0 aliphatic carbocycles. The number of allylic oxidation sites excluding steroid dienone is 2. The molecule has 0 aliphatic heterocycles. The molecule has 6 nitrogen and oxygen atoms in total. The molecule has 0 heterocycles. The molecule has 0 radical (unpaired) electrons. The number of carbonyl (C=O) groups excluding carboxylic acids is 2. The van der Waals surface area contributed by atoms with Crippen molar-refractivity contribution in [1.82, 2.24) is 10.9 Å². The Bertz CT molecular complexity index is 828. The van der Waals surface area contributed by atoms with Gasteiger partial charge in [-0.1, -0.05) is 79.2 Å². The number of benzene rings is 2. The van der Waals surface area contributed by atoms with Crippen molar-refractivity contribution < 1.29 is 9.59 Å². The highest BCUT2D eigenvalue weighted by Gasteiger charge is 2.02. The van der Waals surface area contributed by atoms with E-state index in [1.807, 2.05) is 72.8 Å². The first kappa shape index (κ1) is 23.5. The molecule has 0 aliphatic rings. The summed E-state index contributed by atoms with van der Waals surface area (Å²) in [5.41, 5.74) is 7.13. The molecule has 0 saturated heterocycles. The number of hydrogen-bond donors (Lipinski definition) is 2. The molecule has 2 rings (SSSR count). The minimum atomic E-state index is -0.136. The number of nitrogens with one attached hydrogen (secondary N) is 2. The summed E-state index contributed by atoms with van der Waals surface area (Å²) in [6.07, 6.45) is 13.4. The lowest BCUT2D eigenvalue weighted by molar-refractivity contribution is -0.121. The molecule has 0 aromatic heterocycles. The molecule has 160 valence electrons. The first-order chi connectivity index (χ1) is 15.2. The van der Waals surface area contributed by atoms with E-state index in [-0.39, 0.29) is 11.8 Å². The summed E-state index contributed by atoms with van der Waals surface area (Å²) in [7, 11) is 0. The number of hydrazone groups is 2. The average molecular weight is 417 g/mol. The van der Waals surface area contributed by atoms with Crippen LogP contribution in [0, 0.1) is 0 Å². The number of nitrogens with zero attached hydrogens (tertiary/aromatic N) is 2. The smallest absolute Gasteiger partial charge is 0.240 e. The van der Waals surface area contributed by atoms with Crippen molar-refractivity contribution in [2.75, 3.05) is 0 Å². The van der Waals surface area contributed by atoms with Crippen LogP contribution in [0.3, 0.4) is 0 Å². The van der Waals surface area contributed by atoms with Crippen molar-refractivity contribution in [2.45, 2.75) is 32.1 Å². The molecule has 0 atom stereocenters. The van der Waals surface area contributed by atoms with Gasteiger partial charge < -0.3 is 0 Å². The third-order valence-electron chi connectivity index (χ3n) is 4.18. The second kappa shape index (κ2) is 15.1. The highest BCUT2D eigenvalue weighted by molar-refractivity contribution is 5.82. The van der Waals surface area contributed by atoms with Gasteiger partial charge in [-0.25, -0.2) is 10.9 Å². The van der Waals surface area contributed by atoms with Crippen LogP contribution >= 0.6 is 0 Å². The first-order valence-corrected chi connectivity index (χ1v) is 10.3. The Labute approximate surface area is 183 Å². The quantitative estimate of drug-likeness (QED) is 0.302. The highest BCUT2D eigenvalue weighted by Crippen LogP contribution is 2.03. The molecule has 31 heavy (non-hydrogen) atoms. The standard InChI is InChI=1S/C25H28N4O2/c30-24(28-26-20-10-16-22-12-4-1-5-13-22)18-8-3-9-19-25(31)29-27-21-11-17-23-14-6-2-7-15-23/h1-2,4-7,10-17,20-21H,3,8-9,18-19H2,(H,28,30)(H,29,31)/b16-10+,17-11+,26-20+,27-21+. The van der Waals surface area contributed by atoms with E-state index in [0.29, 0.717) is 25.7 Å². The lowest BCUT2D eigenvalue weighted by atomic mass is 10.1. The Hall–Kier alpha value is -3.80. The molecule has 0 saturated carbocycles. The Kier molecular flexibility index (Phi) is 11.4. The molecule has 0 fully saturated rings. The monoisotopic (exact) mass is 416 g/mol. The fraction of sp³-hybridized carbons (Fsp3) is 0.200. The van der Waals surface area contributed by atoms with E-state index in [9.17, 15) is 9.59 Å². The van der Waals surface area contributed by atoms with Gasteiger partial charge in [-0.05, 0) is 36.1 Å². The minimum Gasteiger partial charge on any atom is -0.273 e. The van der Waals surface area contributed by atoms with Gasteiger partial charge in [0.05, 0.1) is 0 Å². The van der Waals surface area contributed by atoms with Gasteiger partial charge in [0.2, 0.25) is 11.8 Å². The maximum Gasteiger partial charge on any atom is 0.240 e. The molecule has 0 bridgehead atoms. The summed E-state index contributed by atoms with van der Waals surface area (Å²) in [5.74, 6) is -0.271. The number of unbranched alkanes of at least 4 members (excludes halogenated alkanes) is 2. The number of carbonyl (C=O) groups is 2. The molecule has 0 unspecified atom stereocenters. The Morgan fingerprint density at radius 3 is 1.48 bits per heavy atom. The van der Waals surface area contributed by atoms with Crippen LogP contribution in [0.5, 0.6) is 0 Å². The number of rotatable bonds is 12. The van der Waals surface area contributed by atoms with Crippen molar-refractivity contribution in [3.8, 4) is 0 Å². The van der Waals surface area contributed by atoms with Gasteiger partial charge in [-0.15, -0.1) is 0 Å². The summed E-state index contributed by atoms with van der Waals surface area (Å²) in [5, 5.41) is 7.77. The van der Waals surface area contributed by atoms with E-state index in [0.717, 1.165) is 17.5 Å². The number of amides is 2. The van der Waals surface area contributed by atoms with Crippen molar-refractivity contribution in [2.24, 2.45) is 10.2 Å². The van der Waals surface area contributed by atoms with Crippen LogP contribution in [0.4, 0.5) is 0 Å². The average Bonchev–Trinajstić information content (AvgIpc) is 2.80. The molecule has 2 amide bonds. The molecule has 0 spiro atoms. The normalized spacial score (nSPS) is 11.6. The SMILES string of the molecule is O=C(CCCCCC(=O)N/N=C/C=C/c1ccccc1)N/N=C/C=C/c1ccccc1. The van der Waals surface area contributed by atoms with Crippen LogP contribution in [0.2, 0.25) is 0 Å². The van der Waals surface area contributed by atoms with Crippen LogP contribution < -0.4 is 10.9 Å². The van der Waals surface area contributed by atoms with Crippen LogP contribution in [-0.4, -0.2) is 24.2 Å². The van der Waals surface area contributed by atoms with Gasteiger partial charge in [-0.2, -0.15) is 10.2 Å². The fourth-order valence-electron chi connectivity index (χ4n) is 2.60. The third kappa shape index (κ3) is 11.7. The largest absolute Gasteiger partial charge is 0.273 e. The van der Waals surface area contributed by atoms with Gasteiger partial charge in [0.15, 0.2) is 0 Å². The summed E-state index contributed by atoms with van der Waals surface area (Å²) in [6.45, 7) is 0. The predicted molar refractivity (Wildman–Crippen MR) is 127 cm³/mol. The third-order valence-corrected chi connectivity index (χ3v) is 4.18. The topological polar surface area (TPSA) is 82.9 Å². The van der Waals surface area contributed by atoms with E-state index < -0.39 is 0 Å². The summed E-state index contributed by atoms with van der Waals surface area (Å²) < 4.78 is 0. The molecule has 6 heteroatoms. The van der Waals surface area contributed by atoms with E-state index >= 15 is 0 Å². The van der Waals surface area contributed by atoms with E-state index in [1.165, 1.54) is 0 Å². The Balaban J connectivity index is 1.48. The second-order valence-electron chi connectivity index (χ2n) is 6.73. The zero-order chi connectivity index (χ0) is 22.0. The van der Waals surface area contributed by atoms with Gasteiger partial charge in [-0.3, -0.25) is 9.59 Å². The fourth-order valence-corrected chi connectivity index (χ4v) is 2.60. The maximum absolute atomic E-state index is 11.7. The van der Waals surface area contributed by atoms with Gasteiger partial charge >= 0.3 is 0 Å². The predicted octanol–water partition coefficient (Wildman–Crippen LogP) is 4.57. The van der Waals surface area contributed by atoms with E-state index in [4.69, 9.17) is 0 Å². The summed E-state index contributed by atoms with van der Waals surface area (Å²) in [4.78, 5) is 23.4. The Morgan fingerprint density at radius 2 is 1.06 bits per heavy atom. The molecular weight excluding hydrogens is 388 g/mol. The second-order valence-corrected chi connectivity index (χ2v) is 6.73. The van der Waals surface area contributed by atoms with Crippen molar-refractivity contribution in [3.05, 3.63) is 83.9 Å². The molecule has 2 aromatic rings. The number of hydrogen-bond acceptors (Lipinski definition) is 4. The van der Waals surface area contributed by atoms with E-state index in [2.05, 4.69) is 21.1 Å². The maximum atomic E-state index is 11.7. The first-order valence-electron chi connectivity index (χ1n) is 10.3. The highest BCUT2D eigenvalue weighted by atomic mass is 16.2. The zero-order valence-electron chi connectivity index (χ0n) is 17.5. The van der Waals surface area contributed by atoms with Crippen molar-refractivity contribution in [1.29, 1.82) is 0 Å². The van der Waals surface area contributed by atoms with Crippen LogP contribution in [-0.2, 0) is 9.59 Å². The lowest BCUT2D eigenvalue weighted by Gasteiger charge is -2.01. The zero-order valence-corrected chi connectivity index (χ0v) is 17.5. The molecule has 2 N–H and O–H groups in total. The van der Waals surface area contributed by atoms with Gasteiger partial charge in [0, 0.05) is 25.3 Å². The summed E-state index contributed by atoms with van der Waals surface area (Å²) in [6, 6.07) is 19.7.